The molecular weight excluding hydrogens is 416 g/mol. The molecule has 0 aromatic heterocycles. The summed E-state index contributed by atoms with van der Waals surface area (Å²) in [7, 11) is 0. The molecule has 0 aliphatic heterocycles. The van der Waals surface area contributed by atoms with Gasteiger partial charge in [-0.05, 0) is 110 Å². The van der Waals surface area contributed by atoms with E-state index >= 15 is 0 Å². The fourth-order valence-electron chi connectivity index (χ4n) is 9.18. The number of rotatable bonds is 5. The van der Waals surface area contributed by atoms with E-state index in [0.717, 1.165) is 31.1 Å². The summed E-state index contributed by atoms with van der Waals surface area (Å²) in [5.74, 6) is 1.94. The first kappa shape index (κ1) is 25.8. The smallest absolute Gasteiger partial charge is 0.302 e. The number of carbonyl (C=O) groups excluding carboxylic acids is 1. The fourth-order valence-corrected chi connectivity index (χ4v) is 9.18. The molecule has 0 aromatic carbocycles. The van der Waals surface area contributed by atoms with E-state index in [4.69, 9.17) is 4.74 Å². The second-order valence-corrected chi connectivity index (χ2v) is 13.8. The van der Waals surface area contributed by atoms with Crippen molar-refractivity contribution in [3.05, 3.63) is 34.9 Å². The molecule has 0 N–H and O–H groups in total. The average Bonchev–Trinajstić information content (AvgIpc) is 3.01. The lowest BCUT2D eigenvalue weighted by atomic mass is 9.44. The molecule has 7 unspecified atom stereocenters. The van der Waals surface area contributed by atoms with Crippen LogP contribution < -0.4 is 0 Å². The summed E-state index contributed by atoms with van der Waals surface area (Å²) in [6, 6.07) is 0. The number of carbonyl (C=O) groups is 1. The summed E-state index contributed by atoms with van der Waals surface area (Å²) in [6.07, 6.45) is 17.4. The fraction of sp³-hybridized carbons (Fsp3) is 0.781. The number of esters is 1. The molecule has 4 aliphatic rings. The molecule has 0 heterocycles. The second-order valence-electron chi connectivity index (χ2n) is 13.8. The van der Waals surface area contributed by atoms with Gasteiger partial charge in [-0.3, -0.25) is 4.79 Å². The molecule has 2 heteroatoms. The van der Waals surface area contributed by atoms with Crippen LogP contribution in [0.5, 0.6) is 0 Å². The molecule has 2 saturated carbocycles. The SMILES string of the molecule is CC(=O)OC1CCC2(C)C3=CCC4(C)C(C(C)CCC=C(C)C)CCC4(C)C3=CCC2C1(C)C. The van der Waals surface area contributed by atoms with Crippen molar-refractivity contribution in [2.75, 3.05) is 0 Å². The molecule has 2 nitrogen and oxygen atoms in total. The van der Waals surface area contributed by atoms with Crippen LogP contribution in [0, 0.1) is 39.4 Å². The third-order valence-corrected chi connectivity index (χ3v) is 11.4. The summed E-state index contributed by atoms with van der Waals surface area (Å²) >= 11 is 0. The zero-order chi connectivity index (χ0) is 25.1. The van der Waals surface area contributed by atoms with Gasteiger partial charge in [-0.2, -0.15) is 0 Å². The number of allylic oxidation sites excluding steroid dienone is 6. The maximum absolute atomic E-state index is 11.8. The summed E-state index contributed by atoms with van der Waals surface area (Å²) in [5, 5.41) is 0. The van der Waals surface area contributed by atoms with Crippen molar-refractivity contribution in [2.24, 2.45) is 39.4 Å². The predicted octanol–water partition coefficient (Wildman–Crippen LogP) is 8.83. The molecular formula is C32H50O2. The van der Waals surface area contributed by atoms with Crippen LogP contribution in [0.25, 0.3) is 0 Å². The molecule has 4 rings (SSSR count). The van der Waals surface area contributed by atoms with Gasteiger partial charge in [0.1, 0.15) is 6.10 Å². The zero-order valence-corrected chi connectivity index (χ0v) is 23.5. The lowest BCUT2D eigenvalue weighted by molar-refractivity contribution is -0.165. The lowest BCUT2D eigenvalue weighted by Gasteiger charge is -2.61. The Balaban J connectivity index is 1.64. The molecule has 7 atom stereocenters. The highest BCUT2D eigenvalue weighted by Crippen LogP contribution is 2.71. The van der Waals surface area contributed by atoms with E-state index in [2.05, 4.69) is 73.6 Å². The number of hydrogen-bond donors (Lipinski definition) is 0. The van der Waals surface area contributed by atoms with Crippen molar-refractivity contribution in [2.45, 2.75) is 120 Å². The van der Waals surface area contributed by atoms with Crippen LogP contribution >= 0.6 is 0 Å². The molecule has 0 saturated heterocycles. The maximum atomic E-state index is 11.8. The van der Waals surface area contributed by atoms with Crippen molar-refractivity contribution in [1.82, 2.24) is 0 Å². The van der Waals surface area contributed by atoms with Gasteiger partial charge in [0.25, 0.3) is 0 Å². The quantitative estimate of drug-likeness (QED) is 0.299. The Bertz CT molecular complexity index is 915. The third-order valence-electron chi connectivity index (χ3n) is 11.4. The Morgan fingerprint density at radius 3 is 2.41 bits per heavy atom. The van der Waals surface area contributed by atoms with Gasteiger partial charge in [0.2, 0.25) is 0 Å². The maximum Gasteiger partial charge on any atom is 0.302 e. The van der Waals surface area contributed by atoms with Crippen LogP contribution in [0.15, 0.2) is 34.9 Å². The average molecular weight is 467 g/mol. The highest BCUT2D eigenvalue weighted by Gasteiger charge is 2.63. The predicted molar refractivity (Wildman–Crippen MR) is 142 cm³/mol. The molecule has 0 spiro atoms. The standard InChI is InChI=1S/C32H50O2/c1-21(2)11-10-12-22(3)24-15-19-32(9)26-13-14-27-29(5,6)28(34-23(4)33)17-18-30(27,7)25(26)16-20-31(24,32)8/h11,13,16,22,24,27-28H,10,12,14-15,17-20H2,1-9H3. The van der Waals surface area contributed by atoms with E-state index < -0.39 is 0 Å². The van der Waals surface area contributed by atoms with Crippen molar-refractivity contribution in [1.29, 1.82) is 0 Å². The van der Waals surface area contributed by atoms with Crippen LogP contribution in [0.2, 0.25) is 0 Å². The topological polar surface area (TPSA) is 26.3 Å². The summed E-state index contributed by atoms with van der Waals surface area (Å²) in [6.45, 7) is 21.0. The van der Waals surface area contributed by atoms with Gasteiger partial charge in [-0.15, -0.1) is 0 Å². The highest BCUT2D eigenvalue weighted by atomic mass is 16.5. The van der Waals surface area contributed by atoms with E-state index in [1.54, 1.807) is 18.1 Å². The first-order valence-corrected chi connectivity index (χ1v) is 14.0. The molecule has 0 amide bonds. The monoisotopic (exact) mass is 466 g/mol. The Hall–Kier alpha value is -1.31. The van der Waals surface area contributed by atoms with E-state index in [1.165, 1.54) is 37.7 Å². The minimum absolute atomic E-state index is 0.0130. The Labute approximate surface area is 209 Å². The summed E-state index contributed by atoms with van der Waals surface area (Å²) < 4.78 is 5.85. The summed E-state index contributed by atoms with van der Waals surface area (Å²) in [4.78, 5) is 11.8. The van der Waals surface area contributed by atoms with Crippen LogP contribution in [-0.2, 0) is 9.53 Å². The molecule has 0 radical (unpaired) electrons. The Morgan fingerprint density at radius 2 is 1.76 bits per heavy atom. The zero-order valence-electron chi connectivity index (χ0n) is 23.5. The van der Waals surface area contributed by atoms with Crippen molar-refractivity contribution in [3.63, 3.8) is 0 Å². The van der Waals surface area contributed by atoms with Crippen molar-refractivity contribution < 1.29 is 9.53 Å². The van der Waals surface area contributed by atoms with Gasteiger partial charge in [0.15, 0.2) is 0 Å². The Morgan fingerprint density at radius 1 is 1.06 bits per heavy atom. The molecule has 0 aromatic rings. The minimum atomic E-state index is -0.135. The molecule has 190 valence electrons. The third kappa shape index (κ3) is 3.77. The highest BCUT2D eigenvalue weighted by molar-refractivity contribution is 5.66. The van der Waals surface area contributed by atoms with Gasteiger partial charge < -0.3 is 4.74 Å². The molecule has 4 aliphatic carbocycles. The number of hydrogen-bond acceptors (Lipinski definition) is 2. The molecule has 0 bridgehead atoms. The van der Waals surface area contributed by atoms with Gasteiger partial charge in [0, 0.05) is 12.3 Å². The molecule has 34 heavy (non-hydrogen) atoms. The molecule has 2 fully saturated rings. The van der Waals surface area contributed by atoms with Gasteiger partial charge in [-0.25, -0.2) is 0 Å². The van der Waals surface area contributed by atoms with Gasteiger partial charge in [-0.1, -0.05) is 65.3 Å². The van der Waals surface area contributed by atoms with E-state index in [9.17, 15) is 4.79 Å². The van der Waals surface area contributed by atoms with Crippen LogP contribution in [-0.4, -0.2) is 12.1 Å². The van der Waals surface area contributed by atoms with Crippen molar-refractivity contribution in [3.8, 4) is 0 Å². The first-order chi connectivity index (χ1) is 15.8. The van der Waals surface area contributed by atoms with E-state index in [0.29, 0.717) is 11.3 Å². The Kier molecular flexibility index (Phi) is 6.57. The van der Waals surface area contributed by atoms with E-state index in [1.807, 2.05) is 0 Å². The second kappa shape index (κ2) is 8.67. The lowest BCUT2D eigenvalue weighted by Crippen LogP contribution is -2.55. The summed E-state index contributed by atoms with van der Waals surface area (Å²) in [5.41, 5.74) is 5.57. The largest absolute Gasteiger partial charge is 0.462 e. The van der Waals surface area contributed by atoms with Gasteiger partial charge in [0.05, 0.1) is 0 Å². The van der Waals surface area contributed by atoms with Crippen LogP contribution in [0.3, 0.4) is 0 Å². The van der Waals surface area contributed by atoms with Crippen molar-refractivity contribution >= 4 is 5.97 Å². The van der Waals surface area contributed by atoms with Gasteiger partial charge >= 0.3 is 5.97 Å². The van der Waals surface area contributed by atoms with Crippen LogP contribution in [0.1, 0.15) is 114 Å². The van der Waals surface area contributed by atoms with Crippen LogP contribution in [0.4, 0.5) is 0 Å². The first-order valence-electron chi connectivity index (χ1n) is 14.0. The number of fused-ring (bicyclic) bond motifs is 5. The normalized spacial score (nSPS) is 41.3. The van der Waals surface area contributed by atoms with E-state index in [-0.39, 0.29) is 28.3 Å². The number of ether oxygens (including phenoxy) is 1. The minimum Gasteiger partial charge on any atom is -0.462 e.